The van der Waals surface area contributed by atoms with Crippen molar-refractivity contribution in [1.82, 2.24) is 4.98 Å². The number of hydrogen-bond donors (Lipinski definition) is 1. The normalized spacial score (nSPS) is 16.1. The maximum atomic E-state index is 13.7. The lowest BCUT2D eigenvalue weighted by atomic mass is 10.0. The Morgan fingerprint density at radius 1 is 1.20 bits per heavy atom. The predicted octanol–water partition coefficient (Wildman–Crippen LogP) is 5.11. The van der Waals surface area contributed by atoms with Gasteiger partial charge in [-0.2, -0.15) is 0 Å². The largest absolute Gasteiger partial charge is 0.480 e. The minimum absolute atomic E-state index is 0.173. The summed E-state index contributed by atoms with van der Waals surface area (Å²) in [6.45, 7) is 2.56. The Hall–Kier alpha value is -2.44. The average molecular weight is 420 g/mol. The lowest BCUT2D eigenvalue weighted by Crippen LogP contribution is -2.39. The minimum atomic E-state index is -2.62. The van der Waals surface area contributed by atoms with Gasteiger partial charge >= 0.3 is 5.97 Å². The van der Waals surface area contributed by atoms with Gasteiger partial charge in [0.25, 0.3) is 5.92 Å². The molecule has 0 atom stereocenters. The van der Waals surface area contributed by atoms with Gasteiger partial charge in [0.2, 0.25) is 0 Å². The molecule has 0 unspecified atom stereocenters. The second kappa shape index (κ2) is 9.58. The van der Waals surface area contributed by atoms with Crippen molar-refractivity contribution in [2.75, 3.05) is 36.5 Å². The summed E-state index contributed by atoms with van der Waals surface area (Å²) in [5, 5.41) is 10.1. The number of unbranched alkanes of at least 4 members (excludes halogenated alkanes) is 3. The van der Waals surface area contributed by atoms with Gasteiger partial charge in [0.15, 0.2) is 0 Å². The Balaban J connectivity index is 1.95. The Kier molecular flexibility index (Phi) is 7.10. The molecule has 1 aliphatic heterocycles. The summed E-state index contributed by atoms with van der Waals surface area (Å²) in [5.74, 6) is -3.03. The third-order valence-corrected chi connectivity index (χ3v) is 5.76. The van der Waals surface area contributed by atoms with Crippen LogP contribution >= 0.6 is 0 Å². The number of pyridine rings is 1. The summed E-state index contributed by atoms with van der Waals surface area (Å²) in [4.78, 5) is 19.3. The van der Waals surface area contributed by atoms with Gasteiger partial charge in [-0.05, 0) is 30.5 Å². The molecular formula is C23H31F2N3O2. The number of rotatable bonds is 9. The summed E-state index contributed by atoms with van der Waals surface area (Å²) in [7, 11) is 1.68. The second-order valence-corrected chi connectivity index (χ2v) is 8.25. The van der Waals surface area contributed by atoms with E-state index in [0.717, 1.165) is 29.4 Å². The van der Waals surface area contributed by atoms with Crippen molar-refractivity contribution in [3.8, 4) is 0 Å². The number of alkyl halides is 2. The first-order chi connectivity index (χ1) is 14.3. The molecule has 0 saturated carbocycles. The zero-order valence-electron chi connectivity index (χ0n) is 17.8. The molecule has 7 heteroatoms. The number of likely N-dealkylation sites (N-methyl/N-ethyl adjacent to an activating group) is 1. The molecular weight excluding hydrogens is 388 g/mol. The topological polar surface area (TPSA) is 56.7 Å². The Morgan fingerprint density at radius 3 is 2.60 bits per heavy atom. The highest BCUT2D eigenvalue weighted by molar-refractivity contribution is 5.94. The number of anilines is 2. The van der Waals surface area contributed by atoms with Crippen molar-refractivity contribution in [2.24, 2.45) is 0 Å². The molecule has 0 amide bonds. The quantitative estimate of drug-likeness (QED) is 0.572. The van der Waals surface area contributed by atoms with Crippen LogP contribution in [0.15, 0.2) is 24.3 Å². The second-order valence-electron chi connectivity index (χ2n) is 8.25. The molecule has 1 saturated heterocycles. The van der Waals surface area contributed by atoms with E-state index in [4.69, 9.17) is 5.11 Å². The van der Waals surface area contributed by atoms with Crippen molar-refractivity contribution in [3.05, 3.63) is 29.8 Å². The van der Waals surface area contributed by atoms with Crippen molar-refractivity contribution in [3.63, 3.8) is 0 Å². The van der Waals surface area contributed by atoms with E-state index in [1.807, 2.05) is 17.0 Å². The third-order valence-electron chi connectivity index (χ3n) is 5.76. The number of fused-ring (bicyclic) bond motifs is 1. The van der Waals surface area contributed by atoms with E-state index in [1.54, 1.807) is 11.9 Å². The van der Waals surface area contributed by atoms with Gasteiger partial charge in [-0.1, -0.05) is 32.3 Å². The monoisotopic (exact) mass is 419 g/mol. The number of aromatic nitrogens is 1. The number of halogens is 2. The fourth-order valence-corrected chi connectivity index (χ4v) is 3.97. The van der Waals surface area contributed by atoms with E-state index in [-0.39, 0.29) is 32.5 Å². The van der Waals surface area contributed by atoms with Gasteiger partial charge < -0.3 is 14.9 Å². The number of carboxylic acid groups (broad SMARTS) is 1. The van der Waals surface area contributed by atoms with Crippen LogP contribution < -0.4 is 9.80 Å². The average Bonchev–Trinajstić information content (AvgIpc) is 2.70. The van der Waals surface area contributed by atoms with Crippen LogP contribution in [-0.2, 0) is 11.2 Å². The summed E-state index contributed by atoms with van der Waals surface area (Å²) < 4.78 is 27.4. The molecule has 5 nitrogen and oxygen atoms in total. The number of aryl methyl sites for hydroxylation is 1. The smallest absolute Gasteiger partial charge is 0.323 e. The van der Waals surface area contributed by atoms with E-state index >= 15 is 0 Å². The maximum Gasteiger partial charge on any atom is 0.323 e. The van der Waals surface area contributed by atoms with E-state index in [0.29, 0.717) is 5.82 Å². The van der Waals surface area contributed by atoms with Gasteiger partial charge in [0.05, 0.1) is 5.52 Å². The standard InChI is InChI=1S/C23H31F2N3O2/c1-3-4-5-6-7-17-8-9-19-18(14-17)20(28-12-10-23(24,25)11-13-28)15-21(26-19)27(2)16-22(29)30/h8-9,14-15H,3-7,10-13,16H2,1-2H3,(H,29,30). The van der Waals surface area contributed by atoms with Crippen LogP contribution in [-0.4, -0.2) is 48.7 Å². The predicted molar refractivity (Wildman–Crippen MR) is 117 cm³/mol. The molecule has 0 bridgehead atoms. The maximum absolute atomic E-state index is 13.7. The van der Waals surface area contributed by atoms with E-state index in [2.05, 4.69) is 24.0 Å². The lowest BCUT2D eigenvalue weighted by molar-refractivity contribution is -0.135. The molecule has 2 aromatic rings. The number of carbonyl (C=O) groups is 1. The van der Waals surface area contributed by atoms with Crippen molar-refractivity contribution in [1.29, 1.82) is 0 Å². The number of nitrogens with zero attached hydrogens (tertiary/aromatic N) is 3. The Labute approximate surface area is 176 Å². The van der Waals surface area contributed by atoms with Gasteiger partial charge in [0.1, 0.15) is 12.4 Å². The van der Waals surface area contributed by atoms with Gasteiger partial charge in [-0.15, -0.1) is 0 Å². The van der Waals surface area contributed by atoms with Crippen LogP contribution in [0.3, 0.4) is 0 Å². The molecule has 164 valence electrons. The number of benzene rings is 1. The molecule has 1 fully saturated rings. The zero-order valence-corrected chi connectivity index (χ0v) is 17.8. The van der Waals surface area contributed by atoms with E-state index in [9.17, 15) is 13.6 Å². The van der Waals surface area contributed by atoms with Gasteiger partial charge in [-0.3, -0.25) is 4.79 Å². The number of hydrogen-bond acceptors (Lipinski definition) is 4. The molecule has 2 heterocycles. The number of carboxylic acids is 1. The van der Waals surface area contributed by atoms with Crippen molar-refractivity contribution in [2.45, 2.75) is 57.8 Å². The summed E-state index contributed by atoms with van der Waals surface area (Å²) in [5.41, 5.74) is 2.84. The summed E-state index contributed by atoms with van der Waals surface area (Å²) >= 11 is 0. The van der Waals surface area contributed by atoms with Crippen molar-refractivity contribution >= 4 is 28.4 Å². The minimum Gasteiger partial charge on any atom is -0.480 e. The van der Waals surface area contributed by atoms with Crippen LogP contribution in [0.25, 0.3) is 10.9 Å². The van der Waals surface area contributed by atoms with Crippen LogP contribution in [0.4, 0.5) is 20.3 Å². The third kappa shape index (κ3) is 5.58. The molecule has 1 aromatic carbocycles. The summed E-state index contributed by atoms with van der Waals surface area (Å²) in [6.07, 6.45) is 5.37. The highest BCUT2D eigenvalue weighted by Gasteiger charge is 2.34. The SMILES string of the molecule is CCCCCCc1ccc2nc(N(C)CC(=O)O)cc(N3CCC(F)(F)CC3)c2c1. The molecule has 3 rings (SSSR count). The Morgan fingerprint density at radius 2 is 1.93 bits per heavy atom. The first kappa shape index (κ1) is 22.2. The molecule has 30 heavy (non-hydrogen) atoms. The van der Waals surface area contributed by atoms with Crippen molar-refractivity contribution < 1.29 is 18.7 Å². The first-order valence-electron chi connectivity index (χ1n) is 10.8. The number of piperidine rings is 1. The highest BCUT2D eigenvalue weighted by Crippen LogP contribution is 2.36. The number of aliphatic carboxylic acids is 1. The molecule has 1 aliphatic rings. The Bertz CT molecular complexity index is 878. The molecule has 1 N–H and O–H groups in total. The van der Waals surface area contributed by atoms with Gasteiger partial charge in [0, 0.05) is 50.1 Å². The van der Waals surface area contributed by atoms with Gasteiger partial charge in [-0.25, -0.2) is 13.8 Å². The van der Waals surface area contributed by atoms with Crippen LogP contribution in [0.1, 0.15) is 51.0 Å². The molecule has 1 aromatic heterocycles. The van der Waals surface area contributed by atoms with E-state index in [1.165, 1.54) is 24.8 Å². The highest BCUT2D eigenvalue weighted by atomic mass is 19.3. The van der Waals surface area contributed by atoms with E-state index < -0.39 is 11.9 Å². The fourth-order valence-electron chi connectivity index (χ4n) is 3.97. The molecule has 0 radical (unpaired) electrons. The fraction of sp³-hybridized carbons (Fsp3) is 0.565. The first-order valence-corrected chi connectivity index (χ1v) is 10.8. The van der Waals surface area contributed by atoms with Crippen LogP contribution in [0, 0.1) is 0 Å². The molecule has 0 spiro atoms. The zero-order chi connectivity index (χ0) is 21.7. The summed E-state index contributed by atoms with van der Waals surface area (Å²) in [6, 6.07) is 7.99. The van der Waals surface area contributed by atoms with Crippen LogP contribution in [0.5, 0.6) is 0 Å². The van der Waals surface area contributed by atoms with Crippen LogP contribution in [0.2, 0.25) is 0 Å². The lowest BCUT2D eigenvalue weighted by Gasteiger charge is -2.34. The molecule has 0 aliphatic carbocycles.